The Balaban J connectivity index is 1.47. The van der Waals surface area contributed by atoms with E-state index in [1.54, 1.807) is 11.8 Å². The molecule has 0 spiro atoms. The van der Waals surface area contributed by atoms with Crippen molar-refractivity contribution in [3.8, 4) is 0 Å². The number of fused-ring (bicyclic) bond motifs is 1. The van der Waals surface area contributed by atoms with Gasteiger partial charge < -0.3 is 15.5 Å². The average molecular weight is 395 g/mol. The summed E-state index contributed by atoms with van der Waals surface area (Å²) in [4.78, 5) is 27.6. The van der Waals surface area contributed by atoms with Gasteiger partial charge in [-0.3, -0.25) is 9.79 Å². The summed E-state index contributed by atoms with van der Waals surface area (Å²) < 4.78 is 0. The number of carbonyl (C=O) groups excluding carboxylic acids is 1. The molecule has 7 nitrogen and oxygen atoms in total. The molecule has 1 aromatic heterocycles. The smallest absolute Gasteiger partial charge is 0.230 e. The van der Waals surface area contributed by atoms with Crippen molar-refractivity contribution in [1.82, 2.24) is 14.9 Å². The van der Waals surface area contributed by atoms with Gasteiger partial charge in [-0.25, -0.2) is 9.97 Å². The Kier molecular flexibility index (Phi) is 5.29. The first kappa shape index (κ1) is 18.5. The number of hydrogen-bond acceptors (Lipinski definition) is 7. The van der Waals surface area contributed by atoms with Gasteiger partial charge in [-0.15, -0.1) is 0 Å². The molecule has 4 rings (SSSR count). The fraction of sp³-hybridized carbons (Fsp3) is 0.300. The Bertz CT molecular complexity index is 971. The van der Waals surface area contributed by atoms with Crippen molar-refractivity contribution in [3.05, 3.63) is 53.0 Å². The number of aryl methyl sites for hydroxylation is 2. The molecule has 8 heteroatoms. The summed E-state index contributed by atoms with van der Waals surface area (Å²) in [7, 11) is 0. The van der Waals surface area contributed by atoms with Gasteiger partial charge in [-0.1, -0.05) is 24.8 Å². The number of amides is 1. The molecule has 2 aliphatic heterocycles. The molecule has 0 unspecified atom stereocenters. The van der Waals surface area contributed by atoms with Crippen LogP contribution in [0.3, 0.4) is 0 Å². The molecule has 0 fully saturated rings. The Labute approximate surface area is 168 Å². The quantitative estimate of drug-likeness (QED) is 0.778. The van der Waals surface area contributed by atoms with E-state index in [2.05, 4.69) is 37.4 Å². The predicted molar refractivity (Wildman–Crippen MR) is 114 cm³/mol. The van der Waals surface area contributed by atoms with Crippen LogP contribution in [0.1, 0.15) is 24.6 Å². The van der Waals surface area contributed by atoms with Gasteiger partial charge in [0.05, 0.1) is 13.0 Å². The second kappa shape index (κ2) is 8.02. The molecule has 28 heavy (non-hydrogen) atoms. The van der Waals surface area contributed by atoms with E-state index in [0.29, 0.717) is 6.42 Å². The van der Waals surface area contributed by atoms with Crippen molar-refractivity contribution in [3.63, 3.8) is 0 Å². The number of aliphatic imine (C=N–C) groups is 1. The summed E-state index contributed by atoms with van der Waals surface area (Å²) in [5.41, 5.74) is 4.70. The molecule has 1 aromatic carbocycles. The van der Waals surface area contributed by atoms with Gasteiger partial charge in [0.25, 0.3) is 0 Å². The van der Waals surface area contributed by atoms with Gasteiger partial charge in [-0.2, -0.15) is 0 Å². The number of benzene rings is 1. The normalized spacial score (nSPS) is 15.1. The van der Waals surface area contributed by atoms with E-state index in [4.69, 9.17) is 0 Å². The molecule has 0 atom stereocenters. The first-order valence-electron chi connectivity index (χ1n) is 9.28. The van der Waals surface area contributed by atoms with Crippen LogP contribution >= 0.6 is 11.8 Å². The minimum atomic E-state index is -0.0234. The van der Waals surface area contributed by atoms with E-state index in [0.717, 1.165) is 58.8 Å². The largest absolute Gasteiger partial charge is 0.340 e. The van der Waals surface area contributed by atoms with E-state index in [-0.39, 0.29) is 5.91 Å². The topological polar surface area (TPSA) is 82.5 Å². The average Bonchev–Trinajstić information content (AvgIpc) is 3.27. The van der Waals surface area contributed by atoms with E-state index >= 15 is 0 Å². The van der Waals surface area contributed by atoms with Gasteiger partial charge in [0.1, 0.15) is 12.1 Å². The number of nitrogens with zero attached hydrogens (tertiary/aromatic N) is 4. The third-order valence-electron chi connectivity index (χ3n) is 4.63. The number of nitrogens with one attached hydrogen (secondary N) is 2. The fourth-order valence-corrected chi connectivity index (χ4v) is 4.18. The molecule has 144 valence electrons. The lowest BCUT2D eigenvalue weighted by atomic mass is 10.1. The fourth-order valence-electron chi connectivity index (χ4n) is 3.22. The van der Waals surface area contributed by atoms with E-state index in [1.165, 1.54) is 6.33 Å². The van der Waals surface area contributed by atoms with Crippen LogP contribution in [-0.2, 0) is 11.2 Å². The van der Waals surface area contributed by atoms with Crippen LogP contribution in [0.25, 0.3) is 0 Å². The van der Waals surface area contributed by atoms with Crippen LogP contribution in [-0.4, -0.2) is 39.0 Å². The highest BCUT2D eigenvalue weighted by atomic mass is 32.2. The van der Waals surface area contributed by atoms with E-state index < -0.39 is 0 Å². The minimum absolute atomic E-state index is 0.0234. The molecule has 2 N–H and O–H groups in total. The highest BCUT2D eigenvalue weighted by Crippen LogP contribution is 2.31. The molecule has 3 heterocycles. The lowest BCUT2D eigenvalue weighted by Crippen LogP contribution is -2.24. The standard InChI is InChI=1S/C20H22N6OS/c1-3-14-4-5-15(24-18-8-13(2)22-12-23-18)9-17(14)25-19(27)10-16-11-28-20-21-6-7-26(16)20/h4-5,8-9,11-12H,3,6-7,10H2,1-2H3,(H,25,27)(H,22,23,24). The van der Waals surface area contributed by atoms with Crippen LogP contribution in [0.4, 0.5) is 17.2 Å². The Morgan fingerprint density at radius 2 is 2.18 bits per heavy atom. The number of carbonyl (C=O) groups is 1. The molecule has 0 radical (unpaired) electrons. The number of aromatic nitrogens is 2. The zero-order valence-electron chi connectivity index (χ0n) is 15.9. The summed E-state index contributed by atoms with van der Waals surface area (Å²) in [6.45, 7) is 5.66. The Morgan fingerprint density at radius 1 is 1.29 bits per heavy atom. The van der Waals surface area contributed by atoms with Gasteiger partial charge in [0, 0.05) is 35.4 Å². The highest BCUT2D eigenvalue weighted by Gasteiger charge is 2.27. The van der Waals surface area contributed by atoms with Crippen LogP contribution in [0.2, 0.25) is 0 Å². The summed E-state index contributed by atoms with van der Waals surface area (Å²) >= 11 is 1.59. The van der Waals surface area contributed by atoms with Crippen LogP contribution in [0.15, 0.2) is 46.7 Å². The number of hydrogen-bond donors (Lipinski definition) is 2. The first-order chi connectivity index (χ1) is 13.6. The summed E-state index contributed by atoms with van der Waals surface area (Å²) in [6.07, 6.45) is 2.71. The summed E-state index contributed by atoms with van der Waals surface area (Å²) in [5, 5.41) is 9.37. The maximum absolute atomic E-state index is 12.7. The monoisotopic (exact) mass is 394 g/mol. The molecular formula is C20H22N6OS. The molecular weight excluding hydrogens is 372 g/mol. The van der Waals surface area contributed by atoms with Crippen molar-refractivity contribution >= 4 is 40.0 Å². The lowest BCUT2D eigenvalue weighted by molar-refractivity contribution is -0.115. The van der Waals surface area contributed by atoms with Crippen molar-refractivity contribution in [2.45, 2.75) is 26.7 Å². The second-order valence-corrected chi connectivity index (χ2v) is 7.50. The lowest BCUT2D eigenvalue weighted by Gasteiger charge is -2.17. The third-order valence-corrected chi connectivity index (χ3v) is 5.58. The molecule has 1 amide bonds. The zero-order chi connectivity index (χ0) is 19.5. The van der Waals surface area contributed by atoms with Crippen molar-refractivity contribution in [1.29, 1.82) is 0 Å². The SMILES string of the molecule is CCc1ccc(Nc2cc(C)ncn2)cc1NC(=O)CC1=CSC2=NCCN12. The van der Waals surface area contributed by atoms with Gasteiger partial charge in [0.15, 0.2) is 5.17 Å². The van der Waals surface area contributed by atoms with Crippen LogP contribution in [0, 0.1) is 6.92 Å². The first-order valence-corrected chi connectivity index (χ1v) is 10.2. The van der Waals surface area contributed by atoms with Crippen molar-refractivity contribution < 1.29 is 4.79 Å². The number of anilines is 3. The van der Waals surface area contributed by atoms with E-state index in [1.807, 2.05) is 36.6 Å². The number of amidine groups is 1. The minimum Gasteiger partial charge on any atom is -0.340 e. The van der Waals surface area contributed by atoms with Gasteiger partial charge in [-0.05, 0) is 36.4 Å². The molecule has 2 aromatic rings. The maximum atomic E-state index is 12.7. The zero-order valence-corrected chi connectivity index (χ0v) is 16.7. The molecule has 2 aliphatic rings. The molecule has 0 aliphatic carbocycles. The predicted octanol–water partition coefficient (Wildman–Crippen LogP) is 3.68. The Morgan fingerprint density at radius 3 is 3.00 bits per heavy atom. The molecule has 0 saturated carbocycles. The van der Waals surface area contributed by atoms with Gasteiger partial charge >= 0.3 is 0 Å². The Hall–Kier alpha value is -2.87. The van der Waals surface area contributed by atoms with Crippen LogP contribution in [0.5, 0.6) is 0 Å². The van der Waals surface area contributed by atoms with Crippen LogP contribution < -0.4 is 10.6 Å². The third kappa shape index (κ3) is 4.01. The number of rotatable bonds is 6. The summed E-state index contributed by atoms with van der Waals surface area (Å²) in [6, 6.07) is 7.86. The molecule has 0 saturated heterocycles. The van der Waals surface area contributed by atoms with Crippen molar-refractivity contribution in [2.75, 3.05) is 23.7 Å². The maximum Gasteiger partial charge on any atom is 0.230 e. The van der Waals surface area contributed by atoms with Gasteiger partial charge in [0.2, 0.25) is 5.91 Å². The van der Waals surface area contributed by atoms with E-state index in [9.17, 15) is 4.79 Å². The second-order valence-electron chi connectivity index (χ2n) is 6.66. The highest BCUT2D eigenvalue weighted by molar-refractivity contribution is 8.16. The molecule has 0 bridgehead atoms. The number of thioether (sulfide) groups is 1. The summed E-state index contributed by atoms with van der Waals surface area (Å²) in [5.74, 6) is 0.702. The van der Waals surface area contributed by atoms with Crippen molar-refractivity contribution in [2.24, 2.45) is 4.99 Å².